The van der Waals surface area contributed by atoms with E-state index in [-0.39, 0.29) is 11.7 Å². The molecule has 0 atom stereocenters. The molecule has 3 nitrogen and oxygen atoms in total. The maximum atomic E-state index is 10.6. The van der Waals surface area contributed by atoms with Crippen molar-refractivity contribution in [1.29, 1.82) is 0 Å². The van der Waals surface area contributed by atoms with Crippen LogP contribution in [0.4, 0.5) is 0 Å². The number of ether oxygens (including phenoxy) is 2. The lowest BCUT2D eigenvalue weighted by Gasteiger charge is -2.00. The standard InChI is InChI=1S/C7H10O3/c1-4-6(8)5-7(9-2)10-3/h4-5H,1H2,2-3H3. The van der Waals surface area contributed by atoms with E-state index in [9.17, 15) is 4.79 Å². The second-order valence-corrected chi connectivity index (χ2v) is 1.48. The first-order valence-corrected chi connectivity index (χ1v) is 2.70. The monoisotopic (exact) mass is 142 g/mol. The van der Waals surface area contributed by atoms with Crippen molar-refractivity contribution in [2.75, 3.05) is 14.2 Å². The predicted octanol–water partition coefficient (Wildman–Crippen LogP) is 0.876. The molecule has 0 bridgehead atoms. The minimum Gasteiger partial charge on any atom is -0.469 e. The third-order valence-electron chi connectivity index (χ3n) is 0.864. The fraction of sp³-hybridized carbons (Fsp3) is 0.286. The second-order valence-electron chi connectivity index (χ2n) is 1.48. The Kier molecular flexibility index (Phi) is 4.04. The molecule has 10 heavy (non-hydrogen) atoms. The fourth-order valence-corrected chi connectivity index (χ4v) is 0.376. The molecule has 0 saturated heterocycles. The molecule has 0 heterocycles. The van der Waals surface area contributed by atoms with Gasteiger partial charge < -0.3 is 9.47 Å². The number of carbonyl (C=O) groups is 1. The summed E-state index contributed by atoms with van der Waals surface area (Å²) in [4.78, 5) is 10.6. The van der Waals surface area contributed by atoms with Gasteiger partial charge in [-0.05, 0) is 6.08 Å². The first-order valence-electron chi connectivity index (χ1n) is 2.70. The zero-order chi connectivity index (χ0) is 7.98. The van der Waals surface area contributed by atoms with Crippen molar-refractivity contribution < 1.29 is 14.3 Å². The zero-order valence-electron chi connectivity index (χ0n) is 6.09. The summed E-state index contributed by atoms with van der Waals surface area (Å²) in [6, 6.07) is 0. The number of ketones is 1. The van der Waals surface area contributed by atoms with E-state index >= 15 is 0 Å². The molecule has 0 aromatic rings. The summed E-state index contributed by atoms with van der Waals surface area (Å²) in [6.45, 7) is 3.28. The molecule has 0 N–H and O–H groups in total. The number of hydrogen-bond donors (Lipinski definition) is 0. The highest BCUT2D eigenvalue weighted by Gasteiger charge is 1.95. The molecule has 0 saturated carbocycles. The number of hydrogen-bond acceptors (Lipinski definition) is 3. The SMILES string of the molecule is C=CC(=O)C=C(OC)OC. The Morgan fingerprint density at radius 3 is 2.20 bits per heavy atom. The minimum atomic E-state index is -0.237. The van der Waals surface area contributed by atoms with Crippen molar-refractivity contribution >= 4 is 5.78 Å². The Labute approximate surface area is 59.9 Å². The van der Waals surface area contributed by atoms with Crippen LogP contribution in [0.1, 0.15) is 0 Å². The van der Waals surface area contributed by atoms with Crippen LogP contribution in [-0.4, -0.2) is 20.0 Å². The van der Waals surface area contributed by atoms with Crippen LogP contribution in [-0.2, 0) is 14.3 Å². The van der Waals surface area contributed by atoms with Gasteiger partial charge in [0.05, 0.1) is 20.3 Å². The summed E-state index contributed by atoms with van der Waals surface area (Å²) in [5.74, 6) is -0.0522. The minimum absolute atomic E-state index is 0.185. The maximum absolute atomic E-state index is 10.6. The normalized spacial score (nSPS) is 7.80. The summed E-state index contributed by atoms with van der Waals surface area (Å²) in [5.41, 5.74) is 0. The van der Waals surface area contributed by atoms with Crippen LogP contribution in [0.25, 0.3) is 0 Å². The maximum Gasteiger partial charge on any atom is 0.282 e. The molecule has 0 spiro atoms. The lowest BCUT2D eigenvalue weighted by Crippen LogP contribution is -1.94. The van der Waals surface area contributed by atoms with Gasteiger partial charge in [-0.1, -0.05) is 6.58 Å². The zero-order valence-corrected chi connectivity index (χ0v) is 6.09. The highest BCUT2D eigenvalue weighted by molar-refractivity contribution is 5.98. The molecule has 0 aromatic heterocycles. The highest BCUT2D eigenvalue weighted by atomic mass is 16.7. The highest BCUT2D eigenvalue weighted by Crippen LogP contribution is 1.94. The van der Waals surface area contributed by atoms with Gasteiger partial charge in [0.15, 0.2) is 5.78 Å². The molecule has 56 valence electrons. The third-order valence-corrected chi connectivity index (χ3v) is 0.864. The van der Waals surface area contributed by atoms with Crippen molar-refractivity contribution in [3.05, 3.63) is 24.7 Å². The topological polar surface area (TPSA) is 35.5 Å². The third kappa shape index (κ3) is 2.91. The van der Waals surface area contributed by atoms with E-state index in [1.807, 2.05) is 0 Å². The fourth-order valence-electron chi connectivity index (χ4n) is 0.376. The summed E-state index contributed by atoms with van der Waals surface area (Å²) in [6.07, 6.45) is 2.39. The molecule has 0 aliphatic heterocycles. The first kappa shape index (κ1) is 8.75. The Morgan fingerprint density at radius 1 is 1.40 bits per heavy atom. The molecule has 0 radical (unpaired) electrons. The molecule has 0 aliphatic carbocycles. The van der Waals surface area contributed by atoms with E-state index in [2.05, 4.69) is 16.1 Å². The van der Waals surface area contributed by atoms with Crippen LogP contribution >= 0.6 is 0 Å². The van der Waals surface area contributed by atoms with Crippen LogP contribution in [0.3, 0.4) is 0 Å². The van der Waals surface area contributed by atoms with E-state index in [4.69, 9.17) is 0 Å². The van der Waals surface area contributed by atoms with Crippen molar-refractivity contribution in [1.82, 2.24) is 0 Å². The summed E-state index contributed by atoms with van der Waals surface area (Å²) < 4.78 is 9.28. The summed E-state index contributed by atoms with van der Waals surface area (Å²) in [5, 5.41) is 0. The number of rotatable bonds is 4. The van der Waals surface area contributed by atoms with Crippen LogP contribution in [0.5, 0.6) is 0 Å². The first-order chi connectivity index (χ1) is 4.74. The lowest BCUT2D eigenvalue weighted by molar-refractivity contribution is -0.110. The largest absolute Gasteiger partial charge is 0.469 e. The van der Waals surface area contributed by atoms with Gasteiger partial charge in [-0.3, -0.25) is 4.79 Å². The predicted molar refractivity (Wildman–Crippen MR) is 37.3 cm³/mol. The van der Waals surface area contributed by atoms with Crippen molar-refractivity contribution in [3.8, 4) is 0 Å². The van der Waals surface area contributed by atoms with Crippen molar-refractivity contribution in [3.63, 3.8) is 0 Å². The van der Waals surface area contributed by atoms with E-state index < -0.39 is 0 Å². The van der Waals surface area contributed by atoms with Gasteiger partial charge >= 0.3 is 0 Å². The molecular formula is C7H10O3. The van der Waals surface area contributed by atoms with Gasteiger partial charge in [0.25, 0.3) is 5.95 Å². The van der Waals surface area contributed by atoms with Crippen molar-refractivity contribution in [2.24, 2.45) is 0 Å². The molecule has 0 amide bonds. The van der Waals surface area contributed by atoms with Gasteiger partial charge in [0, 0.05) is 0 Å². The van der Waals surface area contributed by atoms with Crippen LogP contribution in [0, 0.1) is 0 Å². The summed E-state index contributed by atoms with van der Waals surface area (Å²) in [7, 11) is 2.84. The Bertz CT molecular complexity index is 152. The molecule has 0 rings (SSSR count). The van der Waals surface area contributed by atoms with Gasteiger partial charge in [-0.2, -0.15) is 0 Å². The van der Waals surface area contributed by atoms with E-state index in [0.29, 0.717) is 0 Å². The molecule has 0 aromatic carbocycles. The quantitative estimate of drug-likeness (QED) is 0.431. The molecule has 3 heteroatoms. The molecule has 0 fully saturated rings. The van der Waals surface area contributed by atoms with Crippen molar-refractivity contribution in [2.45, 2.75) is 0 Å². The van der Waals surface area contributed by atoms with Crippen LogP contribution < -0.4 is 0 Å². The Balaban J connectivity index is 4.09. The van der Waals surface area contributed by atoms with E-state index in [1.54, 1.807) is 0 Å². The van der Waals surface area contributed by atoms with Crippen LogP contribution in [0.15, 0.2) is 24.7 Å². The molecule has 0 aliphatic rings. The van der Waals surface area contributed by atoms with Gasteiger partial charge in [-0.25, -0.2) is 0 Å². The van der Waals surface area contributed by atoms with Crippen LogP contribution in [0.2, 0.25) is 0 Å². The number of carbonyl (C=O) groups excluding carboxylic acids is 1. The average molecular weight is 142 g/mol. The molecular weight excluding hydrogens is 132 g/mol. The Hall–Kier alpha value is -1.25. The number of methoxy groups -OCH3 is 2. The van der Waals surface area contributed by atoms with Gasteiger partial charge in [-0.15, -0.1) is 0 Å². The lowest BCUT2D eigenvalue weighted by atomic mass is 10.4. The smallest absolute Gasteiger partial charge is 0.282 e. The van der Waals surface area contributed by atoms with Gasteiger partial charge in [0.1, 0.15) is 0 Å². The second kappa shape index (κ2) is 4.61. The average Bonchev–Trinajstić information content (AvgIpc) is 1.99. The van der Waals surface area contributed by atoms with Gasteiger partial charge in [0.2, 0.25) is 0 Å². The molecule has 0 unspecified atom stereocenters. The Morgan fingerprint density at radius 2 is 1.90 bits per heavy atom. The summed E-state index contributed by atoms with van der Waals surface area (Å²) >= 11 is 0. The van der Waals surface area contributed by atoms with E-state index in [1.165, 1.54) is 26.4 Å². The van der Waals surface area contributed by atoms with E-state index in [0.717, 1.165) is 0 Å². The number of allylic oxidation sites excluding steroid dienone is 2.